The Balaban J connectivity index is 2.32. The summed E-state index contributed by atoms with van der Waals surface area (Å²) >= 11 is 3.48. The average Bonchev–Trinajstić information content (AvgIpc) is 2.50. The van der Waals surface area contributed by atoms with Crippen molar-refractivity contribution in [3.8, 4) is 11.5 Å². The molecule has 1 aromatic carbocycles. The summed E-state index contributed by atoms with van der Waals surface area (Å²) in [6.45, 7) is 4.75. The SMILES string of the molecule is CC(C)Cc1cc(Br)c2c(c1)OCO2. The Labute approximate surface area is 92.3 Å². The van der Waals surface area contributed by atoms with E-state index in [1.807, 2.05) is 0 Å². The van der Waals surface area contributed by atoms with E-state index in [9.17, 15) is 0 Å². The number of rotatable bonds is 2. The first kappa shape index (κ1) is 9.84. The predicted molar refractivity (Wildman–Crippen MR) is 58.8 cm³/mol. The van der Waals surface area contributed by atoms with Crippen molar-refractivity contribution in [1.29, 1.82) is 0 Å². The summed E-state index contributed by atoms with van der Waals surface area (Å²) in [7, 11) is 0. The first-order chi connectivity index (χ1) is 6.66. The van der Waals surface area contributed by atoms with E-state index in [0.717, 1.165) is 22.4 Å². The summed E-state index contributed by atoms with van der Waals surface area (Å²) in [6.07, 6.45) is 1.06. The third-order valence-electron chi connectivity index (χ3n) is 2.13. The maximum atomic E-state index is 5.35. The highest BCUT2D eigenvalue weighted by atomic mass is 79.9. The Kier molecular flexibility index (Phi) is 2.68. The summed E-state index contributed by atoms with van der Waals surface area (Å²) < 4.78 is 11.7. The monoisotopic (exact) mass is 256 g/mol. The maximum Gasteiger partial charge on any atom is 0.231 e. The van der Waals surface area contributed by atoms with Gasteiger partial charge < -0.3 is 9.47 Å². The van der Waals surface area contributed by atoms with Crippen molar-refractivity contribution in [2.45, 2.75) is 20.3 Å². The van der Waals surface area contributed by atoms with Crippen molar-refractivity contribution < 1.29 is 9.47 Å². The van der Waals surface area contributed by atoms with E-state index in [-0.39, 0.29) is 0 Å². The van der Waals surface area contributed by atoms with Gasteiger partial charge in [-0.25, -0.2) is 0 Å². The van der Waals surface area contributed by atoms with Crippen LogP contribution in [0.4, 0.5) is 0 Å². The van der Waals surface area contributed by atoms with E-state index in [0.29, 0.717) is 12.7 Å². The van der Waals surface area contributed by atoms with Gasteiger partial charge in [-0.1, -0.05) is 13.8 Å². The Hall–Kier alpha value is -0.700. The van der Waals surface area contributed by atoms with Crippen LogP contribution in [0, 0.1) is 5.92 Å². The summed E-state index contributed by atoms with van der Waals surface area (Å²) in [5, 5.41) is 0. The molecule has 0 fully saturated rings. The smallest absolute Gasteiger partial charge is 0.231 e. The molecule has 0 N–H and O–H groups in total. The lowest BCUT2D eigenvalue weighted by Gasteiger charge is -2.07. The van der Waals surface area contributed by atoms with Crippen molar-refractivity contribution >= 4 is 15.9 Å². The Bertz CT molecular complexity index is 347. The maximum absolute atomic E-state index is 5.35. The summed E-state index contributed by atoms with van der Waals surface area (Å²) in [6, 6.07) is 4.17. The average molecular weight is 257 g/mol. The van der Waals surface area contributed by atoms with Crippen molar-refractivity contribution in [3.05, 3.63) is 22.2 Å². The van der Waals surface area contributed by atoms with Crippen LogP contribution in [0.3, 0.4) is 0 Å². The molecule has 14 heavy (non-hydrogen) atoms. The molecule has 76 valence electrons. The van der Waals surface area contributed by atoms with Crippen LogP contribution in [-0.2, 0) is 6.42 Å². The highest BCUT2D eigenvalue weighted by Crippen LogP contribution is 2.40. The van der Waals surface area contributed by atoms with E-state index in [1.165, 1.54) is 5.56 Å². The first-order valence-electron chi connectivity index (χ1n) is 4.75. The van der Waals surface area contributed by atoms with Gasteiger partial charge in [0.15, 0.2) is 11.5 Å². The van der Waals surface area contributed by atoms with Crippen LogP contribution in [0.15, 0.2) is 16.6 Å². The molecule has 3 heteroatoms. The van der Waals surface area contributed by atoms with E-state index >= 15 is 0 Å². The van der Waals surface area contributed by atoms with E-state index in [1.54, 1.807) is 0 Å². The van der Waals surface area contributed by atoms with Gasteiger partial charge in [0.05, 0.1) is 4.47 Å². The molecule has 0 saturated heterocycles. The van der Waals surface area contributed by atoms with Crippen molar-refractivity contribution in [3.63, 3.8) is 0 Å². The number of benzene rings is 1. The standard InChI is InChI=1S/C11H13BrO2/c1-7(2)3-8-4-9(12)11-10(5-8)13-6-14-11/h4-5,7H,3,6H2,1-2H3. The van der Waals surface area contributed by atoms with E-state index in [2.05, 4.69) is 41.9 Å². The zero-order valence-electron chi connectivity index (χ0n) is 8.34. The topological polar surface area (TPSA) is 18.5 Å². The molecule has 1 aliphatic rings. The highest BCUT2D eigenvalue weighted by molar-refractivity contribution is 9.10. The van der Waals surface area contributed by atoms with Crippen LogP contribution in [0.1, 0.15) is 19.4 Å². The van der Waals surface area contributed by atoms with Crippen LogP contribution < -0.4 is 9.47 Å². The third-order valence-corrected chi connectivity index (χ3v) is 2.72. The second-order valence-electron chi connectivity index (χ2n) is 3.91. The summed E-state index contributed by atoms with van der Waals surface area (Å²) in [4.78, 5) is 0. The molecule has 1 aliphatic heterocycles. The Morgan fingerprint density at radius 1 is 1.36 bits per heavy atom. The van der Waals surface area contributed by atoms with Gasteiger partial charge >= 0.3 is 0 Å². The number of ether oxygens (including phenoxy) is 2. The summed E-state index contributed by atoms with van der Waals surface area (Å²) in [5.41, 5.74) is 1.29. The fraction of sp³-hybridized carbons (Fsp3) is 0.455. The minimum absolute atomic E-state index is 0.332. The molecule has 0 aliphatic carbocycles. The van der Waals surface area contributed by atoms with Crippen LogP contribution in [0.2, 0.25) is 0 Å². The molecule has 0 bridgehead atoms. The Morgan fingerprint density at radius 3 is 2.86 bits per heavy atom. The van der Waals surface area contributed by atoms with Gasteiger partial charge in [-0.2, -0.15) is 0 Å². The van der Waals surface area contributed by atoms with Crippen molar-refractivity contribution in [2.75, 3.05) is 6.79 Å². The number of halogens is 1. The molecule has 0 aromatic heterocycles. The zero-order chi connectivity index (χ0) is 10.1. The minimum atomic E-state index is 0.332. The molecule has 0 amide bonds. The second-order valence-corrected chi connectivity index (χ2v) is 4.76. The van der Waals surface area contributed by atoms with Crippen LogP contribution >= 0.6 is 15.9 Å². The zero-order valence-corrected chi connectivity index (χ0v) is 9.93. The van der Waals surface area contributed by atoms with E-state index in [4.69, 9.17) is 9.47 Å². The van der Waals surface area contributed by atoms with Gasteiger partial charge in [-0.15, -0.1) is 0 Å². The van der Waals surface area contributed by atoms with Crippen LogP contribution in [-0.4, -0.2) is 6.79 Å². The number of hydrogen-bond acceptors (Lipinski definition) is 2. The quantitative estimate of drug-likeness (QED) is 0.808. The minimum Gasteiger partial charge on any atom is -0.454 e. The largest absolute Gasteiger partial charge is 0.454 e. The molecule has 0 spiro atoms. The molecule has 1 aromatic rings. The van der Waals surface area contributed by atoms with E-state index < -0.39 is 0 Å². The summed E-state index contributed by atoms with van der Waals surface area (Å²) in [5.74, 6) is 2.34. The third kappa shape index (κ3) is 1.87. The number of fused-ring (bicyclic) bond motifs is 1. The molecular weight excluding hydrogens is 244 g/mol. The molecule has 2 nitrogen and oxygen atoms in total. The van der Waals surface area contributed by atoms with Crippen LogP contribution in [0.25, 0.3) is 0 Å². The predicted octanol–water partition coefficient (Wildman–Crippen LogP) is 3.38. The molecule has 0 atom stereocenters. The van der Waals surface area contributed by atoms with Gasteiger partial charge in [0, 0.05) is 0 Å². The van der Waals surface area contributed by atoms with Gasteiger partial charge in [0.25, 0.3) is 0 Å². The lowest BCUT2D eigenvalue weighted by atomic mass is 10.0. The molecule has 0 radical (unpaired) electrons. The highest BCUT2D eigenvalue weighted by Gasteiger charge is 2.17. The van der Waals surface area contributed by atoms with Gasteiger partial charge in [-0.05, 0) is 46.0 Å². The number of hydrogen-bond donors (Lipinski definition) is 0. The lowest BCUT2D eigenvalue weighted by molar-refractivity contribution is 0.173. The molecule has 1 heterocycles. The van der Waals surface area contributed by atoms with Crippen LogP contribution in [0.5, 0.6) is 11.5 Å². The molecular formula is C11H13BrO2. The molecule has 0 unspecified atom stereocenters. The molecule has 2 rings (SSSR count). The normalized spacial score (nSPS) is 13.7. The Morgan fingerprint density at radius 2 is 2.14 bits per heavy atom. The molecule has 0 saturated carbocycles. The van der Waals surface area contributed by atoms with Gasteiger partial charge in [0.1, 0.15) is 0 Å². The van der Waals surface area contributed by atoms with Gasteiger partial charge in [0.2, 0.25) is 6.79 Å². The van der Waals surface area contributed by atoms with Gasteiger partial charge in [-0.3, -0.25) is 0 Å². The van der Waals surface area contributed by atoms with Crippen molar-refractivity contribution in [2.24, 2.45) is 5.92 Å². The lowest BCUT2D eigenvalue weighted by Crippen LogP contribution is -1.94. The van der Waals surface area contributed by atoms with Crippen molar-refractivity contribution in [1.82, 2.24) is 0 Å². The fourth-order valence-corrected chi connectivity index (χ4v) is 2.21. The second kappa shape index (κ2) is 3.81. The fourth-order valence-electron chi connectivity index (χ4n) is 1.61. The first-order valence-corrected chi connectivity index (χ1v) is 5.54.